The molecule has 0 bridgehead atoms. The number of nitrogens with zero attached hydrogens (tertiary/aromatic N) is 1. The number of likely N-dealkylation sites (tertiary alicyclic amines) is 1. The lowest BCUT2D eigenvalue weighted by atomic mass is 10.0. The second-order valence-electron chi connectivity index (χ2n) is 8.29. The maximum absolute atomic E-state index is 12.6. The van der Waals surface area contributed by atoms with Gasteiger partial charge >= 0.3 is 11.9 Å². The molecule has 8 heteroatoms. The van der Waals surface area contributed by atoms with Crippen molar-refractivity contribution in [3.05, 3.63) is 76.9 Å². The first kappa shape index (κ1) is 28.3. The number of ketones is 1. The number of aryl methyl sites for hydroxylation is 2. The van der Waals surface area contributed by atoms with Gasteiger partial charge in [-0.2, -0.15) is 0 Å². The number of carbonyl (C=O) groups excluding carboxylic acids is 1. The van der Waals surface area contributed by atoms with Crippen LogP contribution < -0.4 is 9.47 Å². The van der Waals surface area contributed by atoms with Crippen molar-refractivity contribution in [1.29, 1.82) is 0 Å². The monoisotopic (exact) mass is 495 g/mol. The van der Waals surface area contributed by atoms with Gasteiger partial charge in [-0.3, -0.25) is 9.69 Å². The van der Waals surface area contributed by atoms with Gasteiger partial charge in [-0.25, -0.2) is 9.59 Å². The lowest BCUT2D eigenvalue weighted by Crippen LogP contribution is -2.25. The second kappa shape index (κ2) is 14.5. The number of aliphatic carboxylic acids is 2. The Morgan fingerprint density at radius 2 is 1.53 bits per heavy atom. The van der Waals surface area contributed by atoms with E-state index in [1.807, 2.05) is 50.2 Å². The molecule has 0 atom stereocenters. The summed E-state index contributed by atoms with van der Waals surface area (Å²) in [5, 5.41) is 15.6. The lowest BCUT2D eigenvalue weighted by Gasteiger charge is -2.17. The maximum atomic E-state index is 12.6. The normalized spacial score (nSPS) is 13.4. The lowest BCUT2D eigenvalue weighted by molar-refractivity contribution is -0.134. The second-order valence-corrected chi connectivity index (χ2v) is 8.29. The summed E-state index contributed by atoms with van der Waals surface area (Å²) in [7, 11) is 1.63. The van der Waals surface area contributed by atoms with Crippen molar-refractivity contribution in [3.63, 3.8) is 0 Å². The minimum Gasteiger partial charge on any atom is -0.496 e. The molecule has 192 valence electrons. The number of carbonyl (C=O) groups is 3. The van der Waals surface area contributed by atoms with E-state index in [0.717, 1.165) is 34.7 Å². The Hall–Kier alpha value is -3.91. The largest absolute Gasteiger partial charge is 0.496 e. The molecule has 0 unspecified atom stereocenters. The van der Waals surface area contributed by atoms with Crippen LogP contribution in [-0.2, 0) is 9.59 Å². The highest BCUT2D eigenvalue weighted by atomic mass is 16.5. The SMILES string of the molecule is COc1ccccc1/C=C/C(=O)c1cc(C)c(OCCN2CCCC2)c(C)c1.O=C(O)/C=C/C(=O)O. The first-order valence-corrected chi connectivity index (χ1v) is 11.7. The van der Waals surface area contributed by atoms with E-state index in [4.69, 9.17) is 19.7 Å². The van der Waals surface area contributed by atoms with Crippen LogP contribution in [0.3, 0.4) is 0 Å². The third kappa shape index (κ3) is 9.38. The number of ether oxygens (including phenoxy) is 2. The molecule has 2 aromatic rings. The van der Waals surface area contributed by atoms with Crippen LogP contribution in [-0.4, -0.2) is 66.2 Å². The standard InChI is InChI=1S/C24H29NO3.C4H4O4/c1-18-16-21(22(26)11-10-20-8-4-5-9-23(20)27-3)17-19(2)24(18)28-15-14-25-12-6-7-13-25;5-3(6)1-2-4(7)8/h4-5,8-11,16-17H,6-7,12-15H2,1-3H3;1-2H,(H,5,6)(H,7,8)/b11-10+;2-1+. The van der Waals surface area contributed by atoms with Crippen LogP contribution >= 0.6 is 0 Å². The predicted octanol–water partition coefficient (Wildman–Crippen LogP) is 4.39. The molecule has 1 fully saturated rings. The Morgan fingerprint density at radius 3 is 2.08 bits per heavy atom. The predicted molar refractivity (Wildman–Crippen MR) is 138 cm³/mol. The van der Waals surface area contributed by atoms with E-state index in [1.54, 1.807) is 19.3 Å². The summed E-state index contributed by atoms with van der Waals surface area (Å²) in [5.74, 6) is -0.898. The highest BCUT2D eigenvalue weighted by molar-refractivity contribution is 6.07. The van der Waals surface area contributed by atoms with Crippen molar-refractivity contribution < 1.29 is 34.1 Å². The molecule has 0 saturated carbocycles. The smallest absolute Gasteiger partial charge is 0.328 e. The number of hydrogen-bond donors (Lipinski definition) is 2. The van der Waals surface area contributed by atoms with Gasteiger partial charge in [0.1, 0.15) is 18.1 Å². The first-order chi connectivity index (χ1) is 17.2. The molecule has 36 heavy (non-hydrogen) atoms. The summed E-state index contributed by atoms with van der Waals surface area (Å²) in [4.78, 5) is 34.2. The molecule has 0 aromatic heterocycles. The van der Waals surface area contributed by atoms with Crippen LogP contribution in [0.25, 0.3) is 6.08 Å². The average Bonchev–Trinajstić information content (AvgIpc) is 3.37. The summed E-state index contributed by atoms with van der Waals surface area (Å²) >= 11 is 0. The van der Waals surface area contributed by atoms with Crippen LogP contribution in [0.4, 0.5) is 0 Å². The van der Waals surface area contributed by atoms with Crippen molar-refractivity contribution >= 4 is 23.8 Å². The summed E-state index contributed by atoms with van der Waals surface area (Å²) in [6.45, 7) is 7.99. The zero-order chi connectivity index (χ0) is 26.5. The maximum Gasteiger partial charge on any atom is 0.328 e. The summed E-state index contributed by atoms with van der Waals surface area (Å²) < 4.78 is 11.4. The van der Waals surface area contributed by atoms with Crippen molar-refractivity contribution in [2.24, 2.45) is 0 Å². The van der Waals surface area contributed by atoms with Crippen LogP contribution in [0.2, 0.25) is 0 Å². The van der Waals surface area contributed by atoms with Gasteiger partial charge < -0.3 is 19.7 Å². The Balaban J connectivity index is 0.000000493. The van der Waals surface area contributed by atoms with E-state index in [0.29, 0.717) is 24.3 Å². The summed E-state index contributed by atoms with van der Waals surface area (Å²) in [5.41, 5.74) is 3.55. The van der Waals surface area contributed by atoms with Gasteiger partial charge in [0.15, 0.2) is 5.78 Å². The minimum atomic E-state index is -1.26. The highest BCUT2D eigenvalue weighted by Gasteiger charge is 2.13. The van der Waals surface area contributed by atoms with E-state index < -0.39 is 11.9 Å². The summed E-state index contributed by atoms with van der Waals surface area (Å²) in [6.07, 6.45) is 7.09. The molecule has 1 heterocycles. The van der Waals surface area contributed by atoms with Gasteiger partial charge in [0.05, 0.1) is 7.11 Å². The van der Waals surface area contributed by atoms with Crippen LogP contribution in [0, 0.1) is 13.8 Å². The number of carboxylic acid groups (broad SMARTS) is 2. The highest BCUT2D eigenvalue weighted by Crippen LogP contribution is 2.26. The molecule has 0 amide bonds. The zero-order valence-electron chi connectivity index (χ0n) is 20.9. The fourth-order valence-electron chi connectivity index (χ4n) is 3.81. The van der Waals surface area contributed by atoms with Crippen LogP contribution in [0.5, 0.6) is 11.5 Å². The fourth-order valence-corrected chi connectivity index (χ4v) is 3.81. The molecule has 0 radical (unpaired) electrons. The molecular weight excluding hydrogens is 462 g/mol. The molecule has 1 aliphatic rings. The van der Waals surface area contributed by atoms with E-state index in [2.05, 4.69) is 4.90 Å². The molecule has 3 rings (SSSR count). The van der Waals surface area contributed by atoms with Gasteiger partial charge in [-0.05, 0) is 81.3 Å². The molecule has 1 saturated heterocycles. The molecular formula is C28H33NO7. The quantitative estimate of drug-likeness (QED) is 0.368. The fraction of sp³-hybridized carbons (Fsp3) is 0.321. The Bertz CT molecular complexity index is 1080. The van der Waals surface area contributed by atoms with E-state index >= 15 is 0 Å². The summed E-state index contributed by atoms with van der Waals surface area (Å²) in [6, 6.07) is 11.5. The van der Waals surface area contributed by atoms with Gasteiger partial charge in [0, 0.05) is 29.8 Å². The van der Waals surface area contributed by atoms with Crippen LogP contribution in [0.1, 0.15) is 39.9 Å². The number of methoxy groups -OCH3 is 1. The number of para-hydroxylation sites is 1. The van der Waals surface area contributed by atoms with Gasteiger partial charge in [0.2, 0.25) is 0 Å². The van der Waals surface area contributed by atoms with Crippen LogP contribution in [0.15, 0.2) is 54.6 Å². The topological polar surface area (TPSA) is 113 Å². The number of benzene rings is 2. The first-order valence-electron chi connectivity index (χ1n) is 11.7. The molecule has 2 N–H and O–H groups in total. The van der Waals surface area contributed by atoms with Gasteiger partial charge in [-0.1, -0.05) is 18.2 Å². The zero-order valence-corrected chi connectivity index (χ0v) is 20.9. The number of rotatable bonds is 10. The molecule has 8 nitrogen and oxygen atoms in total. The van der Waals surface area contributed by atoms with E-state index in [1.165, 1.54) is 25.9 Å². The number of hydrogen-bond acceptors (Lipinski definition) is 6. The van der Waals surface area contributed by atoms with E-state index in [-0.39, 0.29) is 5.78 Å². The molecule has 0 aliphatic carbocycles. The van der Waals surface area contributed by atoms with Crippen molar-refractivity contribution in [3.8, 4) is 11.5 Å². The Morgan fingerprint density at radius 1 is 0.944 bits per heavy atom. The number of allylic oxidation sites excluding steroid dienone is 1. The van der Waals surface area contributed by atoms with Gasteiger partial charge in [-0.15, -0.1) is 0 Å². The third-order valence-corrected chi connectivity index (χ3v) is 5.52. The Kier molecular flexibility index (Phi) is 11.4. The third-order valence-electron chi connectivity index (χ3n) is 5.52. The minimum absolute atomic E-state index is 0.0271. The van der Waals surface area contributed by atoms with Crippen molar-refractivity contribution in [1.82, 2.24) is 4.90 Å². The Labute approximate surface area is 211 Å². The number of carboxylic acids is 2. The molecule has 0 spiro atoms. The van der Waals surface area contributed by atoms with Crippen molar-refractivity contribution in [2.75, 3.05) is 33.4 Å². The van der Waals surface area contributed by atoms with Crippen molar-refractivity contribution in [2.45, 2.75) is 26.7 Å². The average molecular weight is 496 g/mol. The molecule has 1 aliphatic heterocycles. The van der Waals surface area contributed by atoms with Gasteiger partial charge in [0.25, 0.3) is 0 Å². The molecule has 2 aromatic carbocycles. The van der Waals surface area contributed by atoms with E-state index in [9.17, 15) is 14.4 Å².